The quantitative estimate of drug-likeness (QED) is 0.489. The van der Waals surface area contributed by atoms with Crippen molar-refractivity contribution in [2.75, 3.05) is 44.2 Å². The summed E-state index contributed by atoms with van der Waals surface area (Å²) in [6.45, 7) is 12.3. The summed E-state index contributed by atoms with van der Waals surface area (Å²) in [5.41, 5.74) is 2.14. The number of anilines is 1. The molecular formula is C22H32N6O3. The molecule has 0 atom stereocenters. The molecule has 3 heterocycles. The van der Waals surface area contributed by atoms with Crippen LogP contribution in [0.5, 0.6) is 0 Å². The fraction of sp³-hybridized carbons (Fsp3) is 0.545. The van der Waals surface area contributed by atoms with Gasteiger partial charge in [-0.05, 0) is 52.3 Å². The fourth-order valence-electron chi connectivity index (χ4n) is 3.78. The van der Waals surface area contributed by atoms with Crippen LogP contribution in [0.3, 0.4) is 0 Å². The standard InChI is InChI=1S/C22H32N6O3/c1-15(2)31-21(30)18-16(3)19(26-17(18)4)20(29)23-9-6-10-27-11-13-28(14-12-27)22-24-7-5-8-25-22/h5,7-8,15,26H,6,9-14H2,1-4H3,(H,23,29). The van der Waals surface area contributed by atoms with Crippen LogP contribution in [-0.4, -0.2) is 77.1 Å². The normalized spacial score (nSPS) is 14.7. The molecule has 1 aliphatic rings. The van der Waals surface area contributed by atoms with Crippen molar-refractivity contribution >= 4 is 17.8 Å². The average Bonchev–Trinajstić information content (AvgIpc) is 3.05. The van der Waals surface area contributed by atoms with Gasteiger partial charge in [0.05, 0.1) is 11.7 Å². The van der Waals surface area contributed by atoms with Crippen molar-refractivity contribution in [3.8, 4) is 0 Å². The van der Waals surface area contributed by atoms with Crippen LogP contribution < -0.4 is 10.2 Å². The molecule has 3 rings (SSSR count). The first kappa shape index (κ1) is 22.7. The second-order valence-corrected chi connectivity index (χ2v) is 8.07. The summed E-state index contributed by atoms with van der Waals surface area (Å²) in [6.07, 6.45) is 4.18. The second-order valence-electron chi connectivity index (χ2n) is 8.07. The van der Waals surface area contributed by atoms with E-state index in [0.717, 1.165) is 45.1 Å². The van der Waals surface area contributed by atoms with Crippen LogP contribution in [0.4, 0.5) is 5.95 Å². The second kappa shape index (κ2) is 10.4. The van der Waals surface area contributed by atoms with Crippen molar-refractivity contribution in [3.63, 3.8) is 0 Å². The van der Waals surface area contributed by atoms with Crippen molar-refractivity contribution in [3.05, 3.63) is 41.0 Å². The molecule has 168 valence electrons. The maximum absolute atomic E-state index is 12.6. The largest absolute Gasteiger partial charge is 0.459 e. The number of ether oxygens (including phenoxy) is 1. The minimum atomic E-state index is -0.402. The molecule has 2 aromatic rings. The van der Waals surface area contributed by atoms with Crippen LogP contribution in [0, 0.1) is 13.8 Å². The van der Waals surface area contributed by atoms with Gasteiger partial charge in [0.2, 0.25) is 5.95 Å². The highest BCUT2D eigenvalue weighted by Gasteiger charge is 2.23. The number of hydrogen-bond acceptors (Lipinski definition) is 7. The molecule has 0 spiro atoms. The van der Waals surface area contributed by atoms with E-state index in [1.807, 2.05) is 6.07 Å². The van der Waals surface area contributed by atoms with Crippen LogP contribution in [0.1, 0.15) is 52.4 Å². The Morgan fingerprint density at radius 3 is 2.48 bits per heavy atom. The zero-order chi connectivity index (χ0) is 22.4. The Hall–Kier alpha value is -2.94. The molecule has 0 aliphatic carbocycles. The molecule has 0 saturated carbocycles. The van der Waals surface area contributed by atoms with E-state index in [0.29, 0.717) is 29.1 Å². The van der Waals surface area contributed by atoms with E-state index in [1.165, 1.54) is 0 Å². The summed E-state index contributed by atoms with van der Waals surface area (Å²) in [5, 5.41) is 2.95. The van der Waals surface area contributed by atoms with Crippen LogP contribution >= 0.6 is 0 Å². The average molecular weight is 429 g/mol. The third-order valence-corrected chi connectivity index (χ3v) is 5.36. The first-order valence-electron chi connectivity index (χ1n) is 10.8. The summed E-state index contributed by atoms with van der Waals surface area (Å²) < 4.78 is 5.29. The monoisotopic (exact) mass is 428 g/mol. The Labute approximate surface area is 183 Å². The SMILES string of the molecule is Cc1[nH]c(C(=O)NCCCN2CCN(c3ncccn3)CC2)c(C)c1C(=O)OC(C)C. The number of amides is 1. The third-order valence-electron chi connectivity index (χ3n) is 5.36. The van der Waals surface area contributed by atoms with E-state index < -0.39 is 5.97 Å². The van der Waals surface area contributed by atoms with Crippen molar-refractivity contribution in [1.82, 2.24) is 25.2 Å². The molecule has 1 saturated heterocycles. The number of carbonyl (C=O) groups excluding carboxylic acids is 2. The number of aryl methyl sites for hydroxylation is 1. The van der Waals surface area contributed by atoms with Gasteiger partial charge in [-0.2, -0.15) is 0 Å². The maximum Gasteiger partial charge on any atom is 0.340 e. The molecule has 2 N–H and O–H groups in total. The molecular weight excluding hydrogens is 396 g/mol. The van der Waals surface area contributed by atoms with Crippen LogP contribution in [0.2, 0.25) is 0 Å². The van der Waals surface area contributed by atoms with E-state index in [1.54, 1.807) is 40.1 Å². The number of nitrogens with zero attached hydrogens (tertiary/aromatic N) is 4. The maximum atomic E-state index is 12.6. The Morgan fingerprint density at radius 1 is 1.16 bits per heavy atom. The van der Waals surface area contributed by atoms with Crippen molar-refractivity contribution < 1.29 is 14.3 Å². The lowest BCUT2D eigenvalue weighted by atomic mass is 10.1. The van der Waals surface area contributed by atoms with Crippen LogP contribution in [-0.2, 0) is 4.74 Å². The van der Waals surface area contributed by atoms with E-state index in [-0.39, 0.29) is 12.0 Å². The zero-order valence-electron chi connectivity index (χ0n) is 18.8. The topological polar surface area (TPSA) is 103 Å². The van der Waals surface area contributed by atoms with Gasteiger partial charge in [-0.25, -0.2) is 14.8 Å². The Bertz CT molecular complexity index is 888. The van der Waals surface area contributed by atoms with Crippen molar-refractivity contribution in [1.29, 1.82) is 0 Å². The number of esters is 1. The number of nitrogens with one attached hydrogen (secondary N) is 2. The highest BCUT2D eigenvalue weighted by Crippen LogP contribution is 2.19. The first-order valence-corrected chi connectivity index (χ1v) is 10.8. The molecule has 1 fully saturated rings. The minimum absolute atomic E-state index is 0.199. The van der Waals surface area contributed by atoms with Gasteiger partial charge >= 0.3 is 5.97 Å². The Kier molecular flexibility index (Phi) is 7.62. The van der Waals surface area contributed by atoms with Gasteiger partial charge in [-0.3, -0.25) is 9.69 Å². The minimum Gasteiger partial charge on any atom is -0.459 e. The highest BCUT2D eigenvalue weighted by molar-refractivity contribution is 6.00. The Balaban J connectivity index is 1.42. The number of piperazine rings is 1. The van der Waals surface area contributed by atoms with Gasteiger partial charge in [0.1, 0.15) is 5.69 Å². The zero-order valence-corrected chi connectivity index (χ0v) is 18.8. The van der Waals surface area contributed by atoms with Crippen molar-refractivity contribution in [2.45, 2.75) is 40.2 Å². The number of hydrogen-bond donors (Lipinski definition) is 2. The fourth-order valence-corrected chi connectivity index (χ4v) is 3.78. The smallest absolute Gasteiger partial charge is 0.340 e. The van der Waals surface area contributed by atoms with E-state index >= 15 is 0 Å². The van der Waals surface area contributed by atoms with Gasteiger partial charge in [-0.1, -0.05) is 0 Å². The number of H-pyrrole nitrogens is 1. The van der Waals surface area contributed by atoms with E-state index in [2.05, 4.69) is 30.1 Å². The van der Waals surface area contributed by atoms with Gasteiger partial charge in [0, 0.05) is 50.8 Å². The molecule has 0 radical (unpaired) electrons. The van der Waals surface area contributed by atoms with Crippen LogP contribution in [0.15, 0.2) is 18.5 Å². The number of carbonyl (C=O) groups is 2. The third kappa shape index (κ3) is 5.81. The molecule has 2 aromatic heterocycles. The summed E-state index contributed by atoms with van der Waals surface area (Å²) in [6, 6.07) is 1.82. The number of rotatable bonds is 8. The molecule has 9 heteroatoms. The summed E-state index contributed by atoms with van der Waals surface area (Å²) in [7, 11) is 0. The molecule has 1 amide bonds. The molecule has 0 bridgehead atoms. The van der Waals surface area contributed by atoms with Gasteiger partial charge in [0.15, 0.2) is 0 Å². The van der Waals surface area contributed by atoms with E-state index in [4.69, 9.17) is 4.74 Å². The molecule has 0 aromatic carbocycles. The van der Waals surface area contributed by atoms with Crippen molar-refractivity contribution in [2.24, 2.45) is 0 Å². The molecule has 1 aliphatic heterocycles. The van der Waals surface area contributed by atoms with Gasteiger partial charge in [0.25, 0.3) is 5.91 Å². The lowest BCUT2D eigenvalue weighted by Gasteiger charge is -2.34. The predicted octanol–water partition coefficient (Wildman–Crippen LogP) is 1.93. The van der Waals surface area contributed by atoms with E-state index in [9.17, 15) is 9.59 Å². The molecule has 0 unspecified atom stereocenters. The van der Waals surface area contributed by atoms with Crippen LogP contribution in [0.25, 0.3) is 0 Å². The molecule has 31 heavy (non-hydrogen) atoms. The van der Waals surface area contributed by atoms with Gasteiger partial charge < -0.3 is 19.9 Å². The highest BCUT2D eigenvalue weighted by atomic mass is 16.5. The Morgan fingerprint density at radius 2 is 1.84 bits per heavy atom. The molecule has 9 nitrogen and oxygen atoms in total. The van der Waals surface area contributed by atoms with Gasteiger partial charge in [-0.15, -0.1) is 0 Å². The number of aromatic amines is 1. The predicted molar refractivity (Wildman–Crippen MR) is 118 cm³/mol. The lowest BCUT2D eigenvalue weighted by Crippen LogP contribution is -2.47. The lowest BCUT2D eigenvalue weighted by molar-refractivity contribution is 0.0376. The summed E-state index contributed by atoms with van der Waals surface area (Å²) in [4.78, 5) is 41.1. The summed E-state index contributed by atoms with van der Waals surface area (Å²) in [5.74, 6) is 0.179. The summed E-state index contributed by atoms with van der Waals surface area (Å²) >= 11 is 0. The first-order chi connectivity index (χ1) is 14.9. The number of aromatic nitrogens is 3.